The molecule has 1 atom stereocenters. The predicted octanol–water partition coefficient (Wildman–Crippen LogP) is 6.94. The summed E-state index contributed by atoms with van der Waals surface area (Å²) in [6.07, 6.45) is 5.60. The van der Waals surface area contributed by atoms with E-state index in [2.05, 4.69) is 62.0 Å². The van der Waals surface area contributed by atoms with E-state index < -0.39 is 0 Å². The van der Waals surface area contributed by atoms with Gasteiger partial charge in [-0.1, -0.05) is 55.5 Å². The highest BCUT2D eigenvalue weighted by Gasteiger charge is 2.24. The first-order valence-corrected chi connectivity index (χ1v) is 15.4. The highest BCUT2D eigenvalue weighted by atomic mass is 79.9. The summed E-state index contributed by atoms with van der Waals surface area (Å²) in [6.45, 7) is 2.84. The maximum Gasteiger partial charge on any atom is 0.223 e. The van der Waals surface area contributed by atoms with Gasteiger partial charge in [-0.25, -0.2) is 4.98 Å². The minimum absolute atomic E-state index is 0.0106. The van der Waals surface area contributed by atoms with Crippen molar-refractivity contribution in [2.75, 3.05) is 5.32 Å². The lowest BCUT2D eigenvalue weighted by molar-refractivity contribution is -0.124. The number of benzene rings is 3. The third kappa shape index (κ3) is 6.67. The molecule has 5 aromatic rings. The van der Waals surface area contributed by atoms with Gasteiger partial charge in [0.05, 0.1) is 16.4 Å². The number of aryl methyl sites for hydroxylation is 1. The molecular formula is C34H34BrN5O3. The van der Waals surface area contributed by atoms with E-state index in [1.165, 1.54) is 24.0 Å². The SMILES string of the molecule is C[C@H](CCc1ccc(CNc2cc(-c3ccccc3O)nc3c(Br)cnn23)cc1)C(=O)NCc1ccc(C2CC2)cc1O. The van der Waals surface area contributed by atoms with Gasteiger partial charge in [0.25, 0.3) is 0 Å². The molecule has 1 fully saturated rings. The third-order valence-corrected chi connectivity index (χ3v) is 8.59. The van der Waals surface area contributed by atoms with Crippen molar-refractivity contribution >= 4 is 33.3 Å². The molecule has 1 amide bonds. The molecule has 6 rings (SSSR count). The summed E-state index contributed by atoms with van der Waals surface area (Å²) < 4.78 is 2.50. The van der Waals surface area contributed by atoms with E-state index in [-0.39, 0.29) is 23.3 Å². The maximum atomic E-state index is 12.7. The average molecular weight is 641 g/mol. The van der Waals surface area contributed by atoms with Crippen LogP contribution in [0.15, 0.2) is 83.5 Å². The number of anilines is 1. The number of amides is 1. The van der Waals surface area contributed by atoms with Crippen molar-refractivity contribution in [2.45, 2.75) is 51.6 Å². The van der Waals surface area contributed by atoms with Crippen LogP contribution in [0.4, 0.5) is 5.82 Å². The van der Waals surface area contributed by atoms with Crippen molar-refractivity contribution in [3.8, 4) is 22.8 Å². The number of halogens is 1. The quantitative estimate of drug-likeness (QED) is 0.124. The fraction of sp³-hybridized carbons (Fsp3) is 0.265. The van der Waals surface area contributed by atoms with E-state index in [0.717, 1.165) is 34.3 Å². The standard InChI is InChI=1S/C34H34BrN5O3/c1-21(34(43)37-19-26-15-14-25(16-31(26)42)24-12-13-24)6-7-22-8-10-23(11-9-22)18-36-32-17-29(27-4-2-3-5-30(27)41)39-33-28(35)20-38-40(32)33/h2-5,8-11,14-17,20-21,24,36,41-42H,6-7,12-13,18-19H2,1H3,(H,37,43)/t21-/m1/s1. The van der Waals surface area contributed by atoms with Crippen molar-refractivity contribution in [1.82, 2.24) is 19.9 Å². The van der Waals surface area contributed by atoms with Crippen molar-refractivity contribution in [3.05, 3.63) is 106 Å². The number of nitrogens with zero attached hydrogens (tertiary/aromatic N) is 3. The molecule has 0 unspecified atom stereocenters. The molecule has 0 spiro atoms. The molecule has 2 heterocycles. The van der Waals surface area contributed by atoms with Crippen LogP contribution >= 0.6 is 15.9 Å². The minimum atomic E-state index is -0.144. The molecule has 0 radical (unpaired) electrons. The molecule has 9 heteroatoms. The topological polar surface area (TPSA) is 112 Å². The van der Waals surface area contributed by atoms with Crippen molar-refractivity contribution in [3.63, 3.8) is 0 Å². The average Bonchev–Trinajstić information content (AvgIpc) is 3.81. The van der Waals surface area contributed by atoms with Gasteiger partial charge in [-0.15, -0.1) is 0 Å². The monoisotopic (exact) mass is 639 g/mol. The van der Waals surface area contributed by atoms with Crippen LogP contribution < -0.4 is 10.6 Å². The number of aromatic hydroxyl groups is 2. The summed E-state index contributed by atoms with van der Waals surface area (Å²) >= 11 is 3.52. The van der Waals surface area contributed by atoms with Gasteiger partial charge in [-0.2, -0.15) is 9.61 Å². The van der Waals surface area contributed by atoms with Crippen molar-refractivity contribution in [1.29, 1.82) is 0 Å². The summed E-state index contributed by atoms with van der Waals surface area (Å²) in [7, 11) is 0. The second-order valence-corrected chi connectivity index (χ2v) is 12.1. The van der Waals surface area contributed by atoms with Crippen molar-refractivity contribution in [2.24, 2.45) is 5.92 Å². The van der Waals surface area contributed by atoms with Gasteiger partial charge in [0.15, 0.2) is 5.65 Å². The van der Waals surface area contributed by atoms with Crippen LogP contribution in [0, 0.1) is 5.92 Å². The van der Waals surface area contributed by atoms with E-state index >= 15 is 0 Å². The number of phenols is 2. The molecule has 3 aromatic carbocycles. The molecule has 2 aromatic heterocycles. The molecule has 1 aliphatic rings. The molecule has 220 valence electrons. The van der Waals surface area contributed by atoms with E-state index in [4.69, 9.17) is 4.98 Å². The Morgan fingerprint density at radius 2 is 1.77 bits per heavy atom. The van der Waals surface area contributed by atoms with E-state index in [9.17, 15) is 15.0 Å². The van der Waals surface area contributed by atoms with E-state index in [1.807, 2.05) is 37.3 Å². The summed E-state index contributed by atoms with van der Waals surface area (Å²) in [5, 5.41) is 31.6. The Morgan fingerprint density at radius 3 is 2.51 bits per heavy atom. The van der Waals surface area contributed by atoms with Gasteiger partial charge in [0.2, 0.25) is 5.91 Å². The number of para-hydroxylation sites is 1. The Bertz CT molecular complexity index is 1760. The van der Waals surface area contributed by atoms with Crippen LogP contribution in [0.25, 0.3) is 16.9 Å². The third-order valence-electron chi connectivity index (χ3n) is 8.03. The molecule has 43 heavy (non-hydrogen) atoms. The number of phenolic OH excluding ortho intramolecular Hbond substituents is 2. The Labute approximate surface area is 258 Å². The molecule has 4 N–H and O–H groups in total. The predicted molar refractivity (Wildman–Crippen MR) is 171 cm³/mol. The second-order valence-electron chi connectivity index (χ2n) is 11.3. The molecule has 0 saturated heterocycles. The molecular weight excluding hydrogens is 606 g/mol. The first kappa shape index (κ1) is 28.7. The smallest absolute Gasteiger partial charge is 0.223 e. The molecule has 8 nitrogen and oxygen atoms in total. The van der Waals surface area contributed by atoms with Gasteiger partial charge >= 0.3 is 0 Å². The fourth-order valence-corrected chi connectivity index (χ4v) is 5.53. The summed E-state index contributed by atoms with van der Waals surface area (Å²) in [4.78, 5) is 17.4. The Balaban J connectivity index is 1.03. The maximum absolute atomic E-state index is 12.7. The Kier molecular flexibility index (Phi) is 8.33. The minimum Gasteiger partial charge on any atom is -0.508 e. The van der Waals surface area contributed by atoms with Gasteiger partial charge in [-0.3, -0.25) is 4.79 Å². The number of fused-ring (bicyclic) bond motifs is 1. The number of rotatable bonds is 11. The number of carbonyl (C=O) groups is 1. The number of carbonyl (C=O) groups excluding carboxylic acids is 1. The van der Waals surface area contributed by atoms with Crippen LogP contribution in [0.1, 0.15) is 54.4 Å². The number of hydrogen-bond acceptors (Lipinski definition) is 6. The van der Waals surface area contributed by atoms with Crippen molar-refractivity contribution < 1.29 is 15.0 Å². The van der Waals surface area contributed by atoms with Crippen LogP contribution in [0.3, 0.4) is 0 Å². The fourth-order valence-electron chi connectivity index (χ4n) is 5.18. The molecule has 0 aliphatic heterocycles. The van der Waals surface area contributed by atoms with Crippen LogP contribution in [-0.4, -0.2) is 30.7 Å². The van der Waals surface area contributed by atoms with Gasteiger partial charge in [0.1, 0.15) is 17.3 Å². The zero-order chi connectivity index (χ0) is 29.9. The summed E-state index contributed by atoms with van der Waals surface area (Å²) in [6, 6.07) is 23.2. The zero-order valence-electron chi connectivity index (χ0n) is 23.9. The lowest BCUT2D eigenvalue weighted by atomic mass is 9.99. The van der Waals surface area contributed by atoms with Gasteiger partial charge in [-0.05, 0) is 82.4 Å². The lowest BCUT2D eigenvalue weighted by Gasteiger charge is -2.14. The Morgan fingerprint density at radius 1 is 1.00 bits per heavy atom. The number of aromatic nitrogens is 3. The zero-order valence-corrected chi connectivity index (χ0v) is 25.5. The highest BCUT2D eigenvalue weighted by Crippen LogP contribution is 2.41. The summed E-state index contributed by atoms with van der Waals surface area (Å²) in [5.41, 5.74) is 6.14. The van der Waals surface area contributed by atoms with E-state index in [0.29, 0.717) is 35.9 Å². The lowest BCUT2D eigenvalue weighted by Crippen LogP contribution is -2.29. The first-order valence-electron chi connectivity index (χ1n) is 14.6. The first-order chi connectivity index (χ1) is 20.9. The van der Waals surface area contributed by atoms with Crippen LogP contribution in [0.2, 0.25) is 0 Å². The second kappa shape index (κ2) is 12.5. The largest absolute Gasteiger partial charge is 0.508 e. The number of hydrogen-bond donors (Lipinski definition) is 4. The van der Waals surface area contributed by atoms with E-state index in [1.54, 1.807) is 22.8 Å². The Hall–Kier alpha value is -4.37. The molecule has 1 aliphatic carbocycles. The van der Waals surface area contributed by atoms with Gasteiger partial charge < -0.3 is 20.8 Å². The number of nitrogens with one attached hydrogen (secondary N) is 2. The molecule has 1 saturated carbocycles. The van der Waals surface area contributed by atoms with Crippen LogP contribution in [-0.2, 0) is 24.3 Å². The normalized spacial score (nSPS) is 13.6. The summed E-state index contributed by atoms with van der Waals surface area (Å²) in [5.74, 6) is 1.61. The van der Waals surface area contributed by atoms with Gasteiger partial charge in [0, 0.05) is 36.2 Å². The van der Waals surface area contributed by atoms with Crippen LogP contribution in [0.5, 0.6) is 11.5 Å². The highest BCUT2D eigenvalue weighted by molar-refractivity contribution is 9.10. The molecule has 0 bridgehead atoms.